The lowest BCUT2D eigenvalue weighted by Gasteiger charge is -2.37. The molecular weight excluding hydrogens is 332 g/mol. The summed E-state index contributed by atoms with van der Waals surface area (Å²) >= 11 is 0. The molecule has 0 saturated carbocycles. The number of amides is 1. The smallest absolute Gasteiger partial charge is 0.374 e. The number of methoxy groups -OCH3 is 1. The molecule has 1 amide bonds. The van der Waals surface area contributed by atoms with Crippen LogP contribution < -0.4 is 10.2 Å². The number of fused-ring (bicyclic) bond motifs is 1. The lowest BCUT2D eigenvalue weighted by Crippen LogP contribution is -2.43. The summed E-state index contributed by atoms with van der Waals surface area (Å²) in [6.45, 7) is 0. The first-order valence-corrected chi connectivity index (χ1v) is 8.10. The normalized spacial score (nSPS) is 16.0. The Morgan fingerprint density at radius 1 is 1.08 bits per heavy atom. The van der Waals surface area contributed by atoms with Crippen molar-refractivity contribution in [1.29, 1.82) is 0 Å². The maximum Gasteiger partial charge on any atom is 0.374 e. The van der Waals surface area contributed by atoms with E-state index >= 15 is 0 Å². The van der Waals surface area contributed by atoms with Gasteiger partial charge in [0.15, 0.2) is 0 Å². The maximum atomic E-state index is 13.2. The Bertz CT molecular complexity index is 965. The van der Waals surface area contributed by atoms with Crippen LogP contribution in [0.1, 0.15) is 32.6 Å². The number of nitrogens with one attached hydrogen (secondary N) is 1. The molecule has 0 bridgehead atoms. The van der Waals surface area contributed by atoms with E-state index in [0.29, 0.717) is 22.5 Å². The van der Waals surface area contributed by atoms with Crippen LogP contribution in [-0.2, 0) is 4.74 Å². The number of rotatable bonds is 3. The van der Waals surface area contributed by atoms with Crippen molar-refractivity contribution >= 4 is 23.3 Å². The third kappa shape index (κ3) is 2.52. The molecule has 1 atom stereocenters. The highest BCUT2D eigenvalue weighted by atomic mass is 16.5. The van der Waals surface area contributed by atoms with E-state index in [9.17, 15) is 9.59 Å². The van der Waals surface area contributed by atoms with Crippen molar-refractivity contribution in [3.63, 3.8) is 0 Å². The van der Waals surface area contributed by atoms with Crippen molar-refractivity contribution in [2.24, 2.45) is 0 Å². The number of benzene rings is 2. The zero-order valence-corrected chi connectivity index (χ0v) is 14.0. The number of ether oxygens (including phenoxy) is 1. The van der Waals surface area contributed by atoms with E-state index in [4.69, 9.17) is 9.15 Å². The maximum absolute atomic E-state index is 13.2. The quantitative estimate of drug-likeness (QED) is 0.728. The third-order valence-corrected chi connectivity index (χ3v) is 4.32. The van der Waals surface area contributed by atoms with Crippen molar-refractivity contribution in [2.45, 2.75) is 6.17 Å². The van der Waals surface area contributed by atoms with E-state index in [1.54, 1.807) is 17.0 Å². The number of furan rings is 1. The van der Waals surface area contributed by atoms with Gasteiger partial charge in [0, 0.05) is 16.9 Å². The molecule has 1 unspecified atom stereocenters. The second-order valence-corrected chi connectivity index (χ2v) is 5.80. The van der Waals surface area contributed by atoms with Gasteiger partial charge >= 0.3 is 5.97 Å². The van der Waals surface area contributed by atoms with Crippen LogP contribution in [0, 0.1) is 0 Å². The second-order valence-electron chi connectivity index (χ2n) is 5.80. The van der Waals surface area contributed by atoms with Crippen LogP contribution in [-0.4, -0.2) is 19.0 Å². The van der Waals surface area contributed by atoms with Gasteiger partial charge in [-0.3, -0.25) is 9.69 Å². The molecule has 2 heterocycles. The minimum absolute atomic E-state index is 0.0677. The van der Waals surface area contributed by atoms with Crippen LogP contribution in [0.5, 0.6) is 0 Å². The molecule has 1 N–H and O–H groups in total. The van der Waals surface area contributed by atoms with Gasteiger partial charge in [-0.25, -0.2) is 4.79 Å². The molecule has 0 spiro atoms. The van der Waals surface area contributed by atoms with Crippen molar-refractivity contribution in [3.8, 4) is 0 Å². The summed E-state index contributed by atoms with van der Waals surface area (Å²) in [7, 11) is 1.29. The van der Waals surface area contributed by atoms with Crippen LogP contribution in [0.4, 0.5) is 11.4 Å². The van der Waals surface area contributed by atoms with Crippen LogP contribution in [0.25, 0.3) is 0 Å². The van der Waals surface area contributed by atoms with E-state index in [0.717, 1.165) is 0 Å². The van der Waals surface area contributed by atoms with E-state index in [-0.39, 0.29) is 11.7 Å². The molecule has 0 saturated heterocycles. The first kappa shape index (κ1) is 16.0. The average Bonchev–Trinajstić information content (AvgIpc) is 3.17. The number of carbonyl (C=O) groups is 2. The van der Waals surface area contributed by atoms with Crippen LogP contribution >= 0.6 is 0 Å². The Labute approximate surface area is 150 Å². The number of hydrogen-bond acceptors (Lipinski definition) is 5. The first-order chi connectivity index (χ1) is 12.7. The number of nitrogens with zero attached hydrogens (tertiary/aromatic N) is 1. The molecule has 4 rings (SSSR count). The fraction of sp³-hybridized carbons (Fsp3) is 0.100. The van der Waals surface area contributed by atoms with Crippen molar-refractivity contribution in [2.75, 3.05) is 17.3 Å². The van der Waals surface area contributed by atoms with Gasteiger partial charge < -0.3 is 14.5 Å². The van der Waals surface area contributed by atoms with Gasteiger partial charge in [0.1, 0.15) is 6.17 Å². The third-order valence-electron chi connectivity index (χ3n) is 4.32. The summed E-state index contributed by atoms with van der Waals surface area (Å²) in [4.78, 5) is 26.9. The van der Waals surface area contributed by atoms with Crippen molar-refractivity contribution in [3.05, 3.63) is 83.8 Å². The molecular formula is C20H16N2O4. The predicted octanol–water partition coefficient (Wildman–Crippen LogP) is 3.84. The summed E-state index contributed by atoms with van der Waals surface area (Å²) in [6, 6.07) is 18.2. The molecule has 1 aliphatic rings. The fourth-order valence-corrected chi connectivity index (χ4v) is 3.12. The van der Waals surface area contributed by atoms with Gasteiger partial charge in [-0.1, -0.05) is 30.3 Å². The number of para-hydroxylation sites is 2. The Balaban J connectivity index is 1.87. The molecule has 0 radical (unpaired) electrons. The molecule has 1 aromatic heterocycles. The highest BCUT2D eigenvalue weighted by Crippen LogP contribution is 2.37. The van der Waals surface area contributed by atoms with Crippen LogP contribution in [0.15, 0.2) is 71.3 Å². The van der Waals surface area contributed by atoms with Gasteiger partial charge in [-0.2, -0.15) is 0 Å². The zero-order valence-electron chi connectivity index (χ0n) is 14.0. The molecule has 26 heavy (non-hydrogen) atoms. The Kier molecular flexibility index (Phi) is 3.93. The fourth-order valence-electron chi connectivity index (χ4n) is 3.12. The standard InChI is InChI=1S/C20H16N2O4/c1-25-20(24)17-15(11-12-26-17)18-21-16-10-6-5-9-14(16)19(23)22(18)13-7-3-2-4-8-13/h2-12,18,21H,1H3. The molecule has 2 aromatic carbocycles. The van der Waals surface area contributed by atoms with E-state index in [2.05, 4.69) is 5.32 Å². The Morgan fingerprint density at radius 2 is 1.81 bits per heavy atom. The molecule has 0 fully saturated rings. The minimum atomic E-state index is -0.604. The Hall–Kier alpha value is -3.54. The monoisotopic (exact) mass is 348 g/mol. The predicted molar refractivity (Wildman–Crippen MR) is 96.1 cm³/mol. The molecule has 6 heteroatoms. The van der Waals surface area contributed by atoms with Gasteiger partial charge in [0.25, 0.3) is 5.91 Å². The summed E-state index contributed by atoms with van der Waals surface area (Å²) in [5.41, 5.74) is 2.51. The lowest BCUT2D eigenvalue weighted by atomic mass is 10.0. The second kappa shape index (κ2) is 6.40. The highest BCUT2D eigenvalue weighted by molar-refractivity contribution is 6.12. The summed E-state index contributed by atoms with van der Waals surface area (Å²) in [5, 5.41) is 3.34. The average molecular weight is 348 g/mol. The number of anilines is 2. The van der Waals surface area contributed by atoms with E-state index in [1.165, 1.54) is 13.4 Å². The SMILES string of the molecule is COC(=O)c1occc1C1Nc2ccccc2C(=O)N1c1ccccc1. The topological polar surface area (TPSA) is 71.8 Å². The molecule has 0 aliphatic carbocycles. The van der Waals surface area contributed by atoms with Crippen molar-refractivity contribution in [1.82, 2.24) is 0 Å². The van der Waals surface area contributed by atoms with Crippen LogP contribution in [0.2, 0.25) is 0 Å². The van der Waals surface area contributed by atoms with Crippen molar-refractivity contribution < 1.29 is 18.7 Å². The molecule has 1 aliphatic heterocycles. The first-order valence-electron chi connectivity index (χ1n) is 8.10. The number of carbonyl (C=O) groups excluding carboxylic acids is 2. The molecule has 130 valence electrons. The number of esters is 1. The van der Waals surface area contributed by atoms with E-state index in [1.807, 2.05) is 48.5 Å². The van der Waals surface area contributed by atoms with Crippen LogP contribution in [0.3, 0.4) is 0 Å². The summed E-state index contributed by atoms with van der Waals surface area (Å²) in [6.07, 6.45) is 0.810. The lowest BCUT2D eigenvalue weighted by molar-refractivity contribution is 0.0562. The Morgan fingerprint density at radius 3 is 2.58 bits per heavy atom. The summed E-state index contributed by atoms with van der Waals surface area (Å²) < 4.78 is 10.1. The summed E-state index contributed by atoms with van der Waals surface area (Å²) in [5.74, 6) is -0.684. The zero-order chi connectivity index (χ0) is 18.1. The van der Waals surface area contributed by atoms with Gasteiger partial charge in [-0.15, -0.1) is 0 Å². The molecule has 3 aromatic rings. The van der Waals surface area contributed by atoms with Gasteiger partial charge in [0.05, 0.1) is 18.9 Å². The van der Waals surface area contributed by atoms with Gasteiger partial charge in [-0.05, 0) is 30.3 Å². The molecule has 6 nitrogen and oxygen atoms in total. The number of hydrogen-bond donors (Lipinski definition) is 1. The minimum Gasteiger partial charge on any atom is -0.463 e. The highest BCUT2D eigenvalue weighted by Gasteiger charge is 2.37. The van der Waals surface area contributed by atoms with Gasteiger partial charge in [0.2, 0.25) is 5.76 Å². The van der Waals surface area contributed by atoms with E-state index < -0.39 is 12.1 Å². The largest absolute Gasteiger partial charge is 0.463 e.